The van der Waals surface area contributed by atoms with Gasteiger partial charge in [0.2, 0.25) is 0 Å². The second-order valence-corrected chi connectivity index (χ2v) is 6.87. The van der Waals surface area contributed by atoms with Crippen molar-refractivity contribution in [3.63, 3.8) is 0 Å². The molecule has 1 aliphatic heterocycles. The number of nitrogens with zero attached hydrogens (tertiary/aromatic N) is 3. The van der Waals surface area contributed by atoms with Crippen molar-refractivity contribution < 1.29 is 9.59 Å². The molecule has 2 amide bonds. The molecule has 8 heteroatoms. The predicted octanol–water partition coefficient (Wildman–Crippen LogP) is 1.93. The number of rotatable bonds is 2. The highest BCUT2D eigenvalue weighted by molar-refractivity contribution is 6.23. The minimum absolute atomic E-state index is 0.00269. The molecule has 0 saturated heterocycles. The summed E-state index contributed by atoms with van der Waals surface area (Å²) in [5.74, 6) is -1.28. The lowest BCUT2D eigenvalue weighted by molar-refractivity contribution is 0.0880. The van der Waals surface area contributed by atoms with Crippen LogP contribution in [-0.2, 0) is 0 Å². The SMILES string of the molecule is Cc1ccc(-c2cn3ccccc3n2)cc1-n1c(N)c2c(cc1=O)C(=O)NC2=O. The van der Waals surface area contributed by atoms with Crippen LogP contribution in [0.2, 0.25) is 0 Å². The molecule has 0 saturated carbocycles. The van der Waals surface area contributed by atoms with E-state index < -0.39 is 17.4 Å². The summed E-state index contributed by atoms with van der Waals surface area (Å²) in [6.45, 7) is 1.84. The molecule has 3 aromatic heterocycles. The summed E-state index contributed by atoms with van der Waals surface area (Å²) in [5, 5.41) is 2.17. The Hall–Kier alpha value is -4.20. The number of hydrogen-bond acceptors (Lipinski definition) is 5. The van der Waals surface area contributed by atoms with E-state index in [9.17, 15) is 14.4 Å². The minimum Gasteiger partial charge on any atom is -0.384 e. The van der Waals surface area contributed by atoms with E-state index >= 15 is 0 Å². The van der Waals surface area contributed by atoms with Gasteiger partial charge in [0.05, 0.1) is 22.5 Å². The Balaban J connectivity index is 1.73. The molecular formula is C21H15N5O3. The Bertz CT molecular complexity index is 1380. The average molecular weight is 385 g/mol. The standard InChI is InChI=1S/C21H15N5O3/c1-11-5-6-12(14-10-25-7-3-2-4-16(25)23-14)8-15(11)26-17(27)9-13-18(19(26)22)21(29)24-20(13)28/h2-10H,22H2,1H3,(H,24,28,29). The topological polar surface area (TPSA) is 111 Å². The summed E-state index contributed by atoms with van der Waals surface area (Å²) >= 11 is 0. The van der Waals surface area contributed by atoms with Gasteiger partial charge in [0.15, 0.2) is 0 Å². The van der Waals surface area contributed by atoms with Gasteiger partial charge in [-0.05, 0) is 30.7 Å². The number of nitrogen functional groups attached to an aromatic ring is 1. The number of pyridine rings is 2. The van der Waals surface area contributed by atoms with Crippen molar-refractivity contribution in [2.45, 2.75) is 6.92 Å². The predicted molar refractivity (Wildman–Crippen MR) is 107 cm³/mol. The third-order valence-corrected chi connectivity index (χ3v) is 5.06. The van der Waals surface area contributed by atoms with Crippen molar-refractivity contribution in [2.75, 3.05) is 5.73 Å². The number of imide groups is 1. The van der Waals surface area contributed by atoms with Gasteiger partial charge in [0, 0.05) is 24.0 Å². The van der Waals surface area contributed by atoms with Crippen LogP contribution in [0.15, 0.2) is 59.7 Å². The van der Waals surface area contributed by atoms with Crippen molar-refractivity contribution >= 4 is 23.3 Å². The highest BCUT2D eigenvalue weighted by atomic mass is 16.2. The molecule has 0 bridgehead atoms. The van der Waals surface area contributed by atoms with E-state index in [1.165, 1.54) is 4.57 Å². The van der Waals surface area contributed by atoms with Gasteiger partial charge >= 0.3 is 0 Å². The number of aryl methyl sites for hydroxylation is 1. The second kappa shape index (κ2) is 5.90. The van der Waals surface area contributed by atoms with Crippen molar-refractivity contribution in [1.82, 2.24) is 19.3 Å². The molecule has 4 heterocycles. The van der Waals surface area contributed by atoms with Gasteiger partial charge in [-0.1, -0.05) is 18.2 Å². The van der Waals surface area contributed by atoms with Gasteiger partial charge in [-0.25, -0.2) is 4.98 Å². The molecule has 0 unspecified atom stereocenters. The minimum atomic E-state index is -0.615. The number of nitrogens with two attached hydrogens (primary N) is 1. The van der Waals surface area contributed by atoms with E-state index in [4.69, 9.17) is 5.73 Å². The third kappa shape index (κ3) is 2.46. The summed E-state index contributed by atoms with van der Waals surface area (Å²) in [5.41, 5.74) is 9.35. The summed E-state index contributed by atoms with van der Waals surface area (Å²) < 4.78 is 3.16. The van der Waals surface area contributed by atoms with Crippen LogP contribution in [0.4, 0.5) is 5.82 Å². The van der Waals surface area contributed by atoms with Gasteiger partial charge in [-0.15, -0.1) is 0 Å². The molecule has 8 nitrogen and oxygen atoms in total. The molecule has 0 atom stereocenters. The number of fused-ring (bicyclic) bond motifs is 2. The van der Waals surface area contributed by atoms with Crippen LogP contribution < -0.4 is 16.6 Å². The summed E-state index contributed by atoms with van der Waals surface area (Å²) in [7, 11) is 0. The van der Waals surface area contributed by atoms with Crippen LogP contribution in [0, 0.1) is 6.92 Å². The Morgan fingerprint density at radius 3 is 2.66 bits per heavy atom. The normalized spacial score (nSPS) is 13.0. The Labute approximate surface area is 164 Å². The van der Waals surface area contributed by atoms with Crippen molar-refractivity contribution in [1.29, 1.82) is 0 Å². The Morgan fingerprint density at radius 1 is 1.03 bits per heavy atom. The number of amides is 2. The fourth-order valence-electron chi connectivity index (χ4n) is 3.61. The molecule has 142 valence electrons. The largest absolute Gasteiger partial charge is 0.384 e. The molecular weight excluding hydrogens is 370 g/mol. The summed E-state index contributed by atoms with van der Waals surface area (Å²) in [6, 6.07) is 12.4. The number of nitrogens with one attached hydrogen (secondary N) is 1. The molecule has 4 aromatic rings. The molecule has 0 aliphatic carbocycles. The molecule has 29 heavy (non-hydrogen) atoms. The van der Waals surface area contributed by atoms with Crippen LogP contribution in [0.3, 0.4) is 0 Å². The lowest BCUT2D eigenvalue weighted by Crippen LogP contribution is -2.24. The van der Waals surface area contributed by atoms with Crippen LogP contribution in [-0.4, -0.2) is 25.8 Å². The van der Waals surface area contributed by atoms with E-state index in [-0.39, 0.29) is 16.9 Å². The zero-order valence-electron chi connectivity index (χ0n) is 15.3. The lowest BCUT2D eigenvalue weighted by atomic mass is 10.1. The smallest absolute Gasteiger partial charge is 0.262 e. The van der Waals surface area contributed by atoms with Gasteiger partial charge in [0.25, 0.3) is 17.4 Å². The fourth-order valence-corrected chi connectivity index (χ4v) is 3.61. The molecule has 5 rings (SSSR count). The van der Waals surface area contributed by atoms with E-state index in [1.807, 2.05) is 54.0 Å². The fraction of sp³-hybridized carbons (Fsp3) is 0.0476. The van der Waals surface area contributed by atoms with E-state index in [0.717, 1.165) is 28.5 Å². The quantitative estimate of drug-likeness (QED) is 0.512. The number of carbonyl (C=O) groups excluding carboxylic acids is 2. The average Bonchev–Trinajstić information content (AvgIpc) is 3.24. The van der Waals surface area contributed by atoms with E-state index in [1.54, 1.807) is 6.07 Å². The third-order valence-electron chi connectivity index (χ3n) is 5.06. The van der Waals surface area contributed by atoms with Crippen molar-refractivity contribution in [3.05, 3.63) is 81.9 Å². The Morgan fingerprint density at radius 2 is 1.86 bits per heavy atom. The maximum Gasteiger partial charge on any atom is 0.262 e. The molecule has 1 aromatic carbocycles. The number of benzene rings is 1. The van der Waals surface area contributed by atoms with E-state index in [0.29, 0.717) is 5.69 Å². The lowest BCUT2D eigenvalue weighted by Gasteiger charge is -2.15. The number of anilines is 1. The zero-order valence-corrected chi connectivity index (χ0v) is 15.3. The highest BCUT2D eigenvalue weighted by Crippen LogP contribution is 2.28. The van der Waals surface area contributed by atoms with Crippen LogP contribution in [0.5, 0.6) is 0 Å². The van der Waals surface area contributed by atoms with Gasteiger partial charge in [0.1, 0.15) is 11.5 Å². The number of imidazole rings is 1. The van der Waals surface area contributed by atoms with Gasteiger partial charge < -0.3 is 10.1 Å². The van der Waals surface area contributed by atoms with E-state index in [2.05, 4.69) is 10.3 Å². The number of hydrogen-bond donors (Lipinski definition) is 2. The first kappa shape index (κ1) is 16.9. The highest BCUT2D eigenvalue weighted by Gasteiger charge is 2.32. The number of carbonyl (C=O) groups is 2. The van der Waals surface area contributed by atoms with Gasteiger partial charge in [-0.3, -0.25) is 24.3 Å². The van der Waals surface area contributed by atoms with Crippen LogP contribution >= 0.6 is 0 Å². The molecule has 0 fully saturated rings. The monoisotopic (exact) mass is 385 g/mol. The zero-order chi connectivity index (χ0) is 20.3. The summed E-state index contributed by atoms with van der Waals surface area (Å²) in [6.07, 6.45) is 3.80. The van der Waals surface area contributed by atoms with Gasteiger partial charge in [-0.2, -0.15) is 0 Å². The number of aromatic nitrogens is 3. The van der Waals surface area contributed by atoms with Crippen molar-refractivity contribution in [2.24, 2.45) is 0 Å². The Kier molecular flexibility index (Phi) is 3.44. The van der Waals surface area contributed by atoms with Crippen LogP contribution in [0.1, 0.15) is 26.3 Å². The van der Waals surface area contributed by atoms with Crippen molar-refractivity contribution in [3.8, 4) is 16.9 Å². The molecule has 0 radical (unpaired) electrons. The molecule has 1 aliphatic rings. The second-order valence-electron chi connectivity index (χ2n) is 6.87. The van der Waals surface area contributed by atoms with Crippen LogP contribution in [0.25, 0.3) is 22.6 Å². The maximum absolute atomic E-state index is 12.8. The first-order valence-corrected chi connectivity index (χ1v) is 8.90. The first-order valence-electron chi connectivity index (χ1n) is 8.90. The molecule has 0 spiro atoms. The maximum atomic E-state index is 12.8. The molecule has 3 N–H and O–H groups in total. The summed E-state index contributed by atoms with van der Waals surface area (Å²) in [4.78, 5) is 41.4. The first-order chi connectivity index (χ1) is 13.9.